The lowest BCUT2D eigenvalue weighted by Crippen LogP contribution is -2.00. The van der Waals surface area contributed by atoms with Crippen LogP contribution in [0.4, 0.5) is 0 Å². The van der Waals surface area contributed by atoms with E-state index in [0.717, 1.165) is 12.8 Å². The lowest BCUT2D eigenvalue weighted by Gasteiger charge is -1.92. The molecule has 0 bridgehead atoms. The first-order chi connectivity index (χ1) is 4.81. The van der Waals surface area contributed by atoms with Gasteiger partial charge in [0, 0.05) is 6.08 Å². The molecular formula is C7H12O3. The fourth-order valence-electron chi connectivity index (χ4n) is 0.458. The third-order valence-electron chi connectivity index (χ3n) is 0.916. The number of allylic oxidation sites excluding steroid dienone is 1. The van der Waals surface area contributed by atoms with Crippen molar-refractivity contribution in [1.82, 2.24) is 0 Å². The number of aliphatic hydroxyl groups is 1. The van der Waals surface area contributed by atoms with Crippen LogP contribution in [0.25, 0.3) is 0 Å². The highest BCUT2D eigenvalue weighted by Gasteiger charge is 1.90. The van der Waals surface area contributed by atoms with E-state index in [4.69, 9.17) is 5.11 Å². The van der Waals surface area contributed by atoms with Gasteiger partial charge in [0.15, 0.2) is 6.79 Å². The maximum Gasteiger partial charge on any atom is 0.332 e. The van der Waals surface area contributed by atoms with Gasteiger partial charge in [0.25, 0.3) is 0 Å². The minimum absolute atomic E-state index is 0.490. The molecule has 0 spiro atoms. The molecule has 0 radical (unpaired) electrons. The molecule has 0 aliphatic heterocycles. The summed E-state index contributed by atoms with van der Waals surface area (Å²) >= 11 is 0. The van der Waals surface area contributed by atoms with Crippen LogP contribution in [0.3, 0.4) is 0 Å². The minimum Gasteiger partial charge on any atom is -0.436 e. The van der Waals surface area contributed by atoms with Gasteiger partial charge in [0.2, 0.25) is 0 Å². The topological polar surface area (TPSA) is 46.5 Å². The van der Waals surface area contributed by atoms with Gasteiger partial charge >= 0.3 is 5.97 Å². The largest absolute Gasteiger partial charge is 0.436 e. The second-order valence-electron chi connectivity index (χ2n) is 1.78. The van der Waals surface area contributed by atoms with Crippen molar-refractivity contribution in [2.45, 2.75) is 19.8 Å². The van der Waals surface area contributed by atoms with Crippen molar-refractivity contribution in [3.05, 3.63) is 12.2 Å². The predicted molar refractivity (Wildman–Crippen MR) is 37.2 cm³/mol. The third-order valence-corrected chi connectivity index (χ3v) is 0.916. The summed E-state index contributed by atoms with van der Waals surface area (Å²) in [5, 5.41) is 8.12. The Kier molecular flexibility index (Phi) is 5.77. The highest BCUT2D eigenvalue weighted by molar-refractivity contribution is 5.81. The summed E-state index contributed by atoms with van der Waals surface area (Å²) in [6, 6.07) is 0. The molecule has 0 aromatic heterocycles. The highest BCUT2D eigenvalue weighted by Crippen LogP contribution is 1.88. The molecule has 0 fully saturated rings. The number of carbonyl (C=O) groups is 1. The van der Waals surface area contributed by atoms with Crippen LogP contribution < -0.4 is 0 Å². The summed E-state index contributed by atoms with van der Waals surface area (Å²) in [5.41, 5.74) is 0. The van der Waals surface area contributed by atoms with E-state index < -0.39 is 12.8 Å². The first-order valence-corrected chi connectivity index (χ1v) is 3.25. The van der Waals surface area contributed by atoms with Crippen molar-refractivity contribution in [3.8, 4) is 0 Å². The number of hydrogen-bond acceptors (Lipinski definition) is 3. The molecular weight excluding hydrogens is 132 g/mol. The molecule has 0 saturated carbocycles. The van der Waals surface area contributed by atoms with Crippen LogP contribution in [-0.4, -0.2) is 17.9 Å². The van der Waals surface area contributed by atoms with E-state index in [1.54, 1.807) is 6.08 Å². The Labute approximate surface area is 60.3 Å². The van der Waals surface area contributed by atoms with E-state index in [1.165, 1.54) is 6.08 Å². The van der Waals surface area contributed by atoms with Crippen LogP contribution in [-0.2, 0) is 9.53 Å². The van der Waals surface area contributed by atoms with Crippen LogP contribution in [0.15, 0.2) is 12.2 Å². The molecule has 0 aliphatic carbocycles. The van der Waals surface area contributed by atoms with Crippen molar-refractivity contribution in [1.29, 1.82) is 0 Å². The van der Waals surface area contributed by atoms with Crippen molar-refractivity contribution < 1.29 is 14.6 Å². The van der Waals surface area contributed by atoms with Gasteiger partial charge in [-0.3, -0.25) is 0 Å². The zero-order valence-electron chi connectivity index (χ0n) is 6.04. The summed E-state index contributed by atoms with van der Waals surface area (Å²) < 4.78 is 4.22. The lowest BCUT2D eigenvalue weighted by atomic mass is 10.3. The number of hydrogen-bond donors (Lipinski definition) is 1. The molecule has 0 amide bonds. The average molecular weight is 144 g/mol. The van der Waals surface area contributed by atoms with Gasteiger partial charge in [-0.2, -0.15) is 0 Å². The number of carbonyl (C=O) groups excluding carboxylic acids is 1. The summed E-state index contributed by atoms with van der Waals surface area (Å²) in [4.78, 5) is 10.4. The Balaban J connectivity index is 3.36. The number of aliphatic hydroxyl groups excluding tert-OH is 1. The SMILES string of the molecule is CCCC=CC(=O)OCO. The third kappa shape index (κ3) is 5.31. The van der Waals surface area contributed by atoms with Gasteiger partial charge in [-0.1, -0.05) is 19.4 Å². The van der Waals surface area contributed by atoms with Gasteiger partial charge in [-0.05, 0) is 6.42 Å². The Bertz CT molecular complexity index is 118. The first kappa shape index (κ1) is 9.17. The van der Waals surface area contributed by atoms with E-state index in [-0.39, 0.29) is 0 Å². The molecule has 0 aliphatic rings. The quantitative estimate of drug-likeness (QED) is 0.361. The van der Waals surface area contributed by atoms with Gasteiger partial charge in [0.1, 0.15) is 0 Å². The zero-order valence-corrected chi connectivity index (χ0v) is 6.04. The van der Waals surface area contributed by atoms with Gasteiger partial charge in [0.05, 0.1) is 0 Å². The molecule has 3 nitrogen and oxygen atoms in total. The van der Waals surface area contributed by atoms with E-state index in [1.807, 2.05) is 6.92 Å². The molecule has 0 aromatic rings. The van der Waals surface area contributed by atoms with Crippen LogP contribution in [0.5, 0.6) is 0 Å². The molecule has 10 heavy (non-hydrogen) atoms. The molecule has 3 heteroatoms. The summed E-state index contributed by atoms with van der Waals surface area (Å²) in [6.45, 7) is 1.47. The number of unbranched alkanes of at least 4 members (excludes halogenated alkanes) is 1. The maximum absolute atomic E-state index is 10.4. The average Bonchev–Trinajstić information content (AvgIpc) is 1.89. The first-order valence-electron chi connectivity index (χ1n) is 3.25. The van der Waals surface area contributed by atoms with E-state index in [2.05, 4.69) is 4.74 Å². The van der Waals surface area contributed by atoms with Crippen LogP contribution in [0.2, 0.25) is 0 Å². The standard InChI is InChI=1S/C7H12O3/c1-2-3-4-5-7(9)10-6-8/h4-5,8H,2-3,6H2,1H3. The van der Waals surface area contributed by atoms with Crippen molar-refractivity contribution in [3.63, 3.8) is 0 Å². The molecule has 0 aromatic carbocycles. The normalized spacial score (nSPS) is 10.2. The zero-order chi connectivity index (χ0) is 7.82. The molecule has 0 rings (SSSR count). The Hall–Kier alpha value is -0.830. The predicted octanol–water partition coefficient (Wildman–Crippen LogP) is 0.836. The minimum atomic E-state index is -0.546. The lowest BCUT2D eigenvalue weighted by molar-refractivity contribution is -0.145. The Morgan fingerprint density at radius 2 is 2.40 bits per heavy atom. The van der Waals surface area contributed by atoms with Crippen LogP contribution >= 0.6 is 0 Å². The molecule has 0 atom stereocenters. The number of esters is 1. The summed E-state index contributed by atoms with van der Waals surface area (Å²) in [5.74, 6) is -0.490. The van der Waals surface area contributed by atoms with Gasteiger partial charge in [-0.15, -0.1) is 0 Å². The van der Waals surface area contributed by atoms with E-state index >= 15 is 0 Å². The van der Waals surface area contributed by atoms with Crippen molar-refractivity contribution in [2.75, 3.05) is 6.79 Å². The maximum atomic E-state index is 10.4. The van der Waals surface area contributed by atoms with Crippen LogP contribution in [0, 0.1) is 0 Å². The second kappa shape index (κ2) is 6.29. The fraction of sp³-hybridized carbons (Fsp3) is 0.571. The molecule has 1 N–H and O–H groups in total. The number of ether oxygens (including phenoxy) is 1. The Morgan fingerprint density at radius 1 is 1.70 bits per heavy atom. The van der Waals surface area contributed by atoms with Crippen molar-refractivity contribution in [2.24, 2.45) is 0 Å². The monoisotopic (exact) mass is 144 g/mol. The fourth-order valence-corrected chi connectivity index (χ4v) is 0.458. The van der Waals surface area contributed by atoms with Crippen molar-refractivity contribution >= 4 is 5.97 Å². The van der Waals surface area contributed by atoms with E-state index in [9.17, 15) is 4.79 Å². The second-order valence-corrected chi connectivity index (χ2v) is 1.78. The molecule has 0 heterocycles. The van der Waals surface area contributed by atoms with Gasteiger partial charge < -0.3 is 9.84 Å². The molecule has 0 unspecified atom stereocenters. The molecule has 58 valence electrons. The number of rotatable bonds is 4. The van der Waals surface area contributed by atoms with E-state index in [0.29, 0.717) is 0 Å². The van der Waals surface area contributed by atoms with Crippen LogP contribution in [0.1, 0.15) is 19.8 Å². The Morgan fingerprint density at radius 3 is 2.90 bits per heavy atom. The summed E-state index contributed by atoms with van der Waals surface area (Å²) in [6.07, 6.45) is 4.90. The molecule has 0 saturated heterocycles. The smallest absolute Gasteiger partial charge is 0.332 e. The van der Waals surface area contributed by atoms with Gasteiger partial charge in [-0.25, -0.2) is 4.79 Å². The summed E-state index contributed by atoms with van der Waals surface area (Å²) in [7, 11) is 0. The highest BCUT2D eigenvalue weighted by atomic mass is 16.6.